The number of methoxy groups -OCH3 is 4. The van der Waals surface area contributed by atoms with E-state index in [1.165, 1.54) is 62.8 Å². The fraction of sp³-hybridized carbons (Fsp3) is 0.260. The molecule has 0 bridgehead atoms. The molecule has 0 amide bonds. The number of carbonyl (C=O) groups excluding carboxylic acids is 2. The SMILES string of the molecule is COCCn1c(Cc2cc(F)c(-c3cccc(=O)[nH]3)cc2F)nc2ccc(C(=O)OC(C)(C)C)cc21.COCCn1c(Cc2cc(F)c(-c3cccc(OCc4ccc(C(F)(F)F)c(F)c4F)n3)cc2F)nc2ccc(C(=O)OC(C)(C)C)cc21.COCCn1c(Cc2cc(F)c(-c3cccc(OCc4ccc(OC)nc4)n3)cc2F)nc2ccc(C(=O)O)cc21.Fc1c(CBr)ccc(C(F)(F)F)c1F. The molecule has 0 aliphatic rings. The lowest BCUT2D eigenvalue weighted by molar-refractivity contribution is -0.141. The number of benzene rings is 8. The van der Waals surface area contributed by atoms with E-state index in [1.807, 2.05) is 4.57 Å². The van der Waals surface area contributed by atoms with Crippen molar-refractivity contribution in [3.05, 3.63) is 335 Å². The number of rotatable bonds is 29. The second-order valence-electron chi connectivity index (χ2n) is 33.1. The van der Waals surface area contributed by atoms with E-state index >= 15 is 22.0 Å². The van der Waals surface area contributed by atoms with Crippen LogP contribution in [0.2, 0.25) is 0 Å². The third-order valence-electron chi connectivity index (χ3n) is 20.9. The minimum Gasteiger partial charge on any atom is -0.481 e. The number of carboxylic acids is 1. The molecule has 23 nitrogen and oxygen atoms in total. The Morgan fingerprint density at radius 1 is 0.407 bits per heavy atom. The Labute approximate surface area is 796 Å². The van der Waals surface area contributed by atoms with Crippen molar-refractivity contribution in [2.24, 2.45) is 0 Å². The summed E-state index contributed by atoms with van der Waals surface area (Å²) in [5.41, 5.74) is -0.468. The number of nitrogens with one attached hydrogen (secondary N) is 1. The zero-order valence-electron chi connectivity index (χ0n) is 76.2. The van der Waals surface area contributed by atoms with E-state index in [0.717, 1.165) is 54.1 Å². The lowest BCUT2D eigenvalue weighted by Gasteiger charge is -2.19. The van der Waals surface area contributed by atoms with E-state index in [1.54, 1.807) is 144 Å². The number of aromatic nitrogens is 10. The number of imidazole rings is 3. The molecule has 8 aromatic carbocycles. The third-order valence-corrected chi connectivity index (χ3v) is 21.5. The summed E-state index contributed by atoms with van der Waals surface area (Å²) in [6.45, 7) is 12.1. The first-order chi connectivity index (χ1) is 66.3. The van der Waals surface area contributed by atoms with E-state index in [0.29, 0.717) is 113 Å². The molecule has 2 N–H and O–H groups in total. The summed E-state index contributed by atoms with van der Waals surface area (Å²) in [5, 5.41) is 9.36. The molecular weight excluding hydrogens is 1930 g/mol. The normalized spacial score (nSPS) is 11.7. The predicted molar refractivity (Wildman–Crippen MR) is 487 cm³/mol. The van der Waals surface area contributed by atoms with Gasteiger partial charge in [0.15, 0.2) is 23.3 Å². The van der Waals surface area contributed by atoms with Gasteiger partial charge in [-0.05, 0) is 186 Å². The number of pyridine rings is 4. The maximum absolute atomic E-state index is 15.5. The van der Waals surface area contributed by atoms with Gasteiger partial charge >= 0.3 is 30.3 Å². The Morgan fingerprint density at radius 3 is 1.19 bits per heavy atom. The van der Waals surface area contributed by atoms with Crippen molar-refractivity contribution in [3.8, 4) is 51.4 Å². The second-order valence-corrected chi connectivity index (χ2v) is 33.7. The summed E-state index contributed by atoms with van der Waals surface area (Å²) in [4.78, 5) is 77.2. The van der Waals surface area contributed by atoms with E-state index < -0.39 is 128 Å². The van der Waals surface area contributed by atoms with Crippen LogP contribution in [0.25, 0.3) is 66.9 Å². The molecule has 0 saturated carbocycles. The van der Waals surface area contributed by atoms with Crippen LogP contribution in [0.4, 0.5) is 70.2 Å². The first-order valence-electron chi connectivity index (χ1n) is 42.5. The molecule has 734 valence electrons. The van der Waals surface area contributed by atoms with E-state index in [-0.39, 0.29) is 111 Å². The number of alkyl halides is 7. The summed E-state index contributed by atoms with van der Waals surface area (Å²) < 4.78 is 269. The zero-order valence-corrected chi connectivity index (χ0v) is 77.8. The molecule has 15 rings (SSSR count). The van der Waals surface area contributed by atoms with Gasteiger partial charge in [0.25, 0.3) is 0 Å². The van der Waals surface area contributed by atoms with Crippen molar-refractivity contribution in [2.45, 2.75) is 123 Å². The number of nitrogens with zero attached hydrogens (tertiary/aromatic N) is 9. The van der Waals surface area contributed by atoms with Gasteiger partial charge in [-0.25, -0.2) is 88.2 Å². The van der Waals surface area contributed by atoms with E-state index in [9.17, 15) is 72.6 Å². The molecule has 140 heavy (non-hydrogen) atoms. The molecule has 15 aromatic rings. The van der Waals surface area contributed by atoms with Crippen LogP contribution in [0, 0.1) is 58.2 Å². The van der Waals surface area contributed by atoms with Gasteiger partial charge in [0, 0.05) is 129 Å². The van der Waals surface area contributed by atoms with Crippen molar-refractivity contribution in [1.29, 1.82) is 0 Å². The van der Waals surface area contributed by atoms with Crippen molar-refractivity contribution in [2.75, 3.05) is 48.3 Å². The quantitative estimate of drug-likeness (QED) is 0.0250. The average Bonchev–Trinajstić information content (AvgIpc) is 1.62. The van der Waals surface area contributed by atoms with Gasteiger partial charge < -0.3 is 61.7 Å². The highest BCUT2D eigenvalue weighted by Gasteiger charge is 2.38. The number of aromatic amines is 1. The van der Waals surface area contributed by atoms with Gasteiger partial charge in [-0.3, -0.25) is 4.79 Å². The largest absolute Gasteiger partial charge is 0.481 e. The van der Waals surface area contributed by atoms with Crippen LogP contribution in [0.15, 0.2) is 193 Å². The molecule has 0 unspecified atom stereocenters. The molecular formula is C100H87BrF16N10O13. The first-order valence-corrected chi connectivity index (χ1v) is 43.6. The number of halogens is 17. The van der Waals surface area contributed by atoms with Gasteiger partial charge in [-0.2, -0.15) is 26.3 Å². The van der Waals surface area contributed by atoms with Gasteiger partial charge in [-0.1, -0.05) is 46.3 Å². The van der Waals surface area contributed by atoms with E-state index in [4.69, 9.17) is 37.9 Å². The number of carboxylic acid groups (broad SMARTS) is 1. The number of H-pyrrole nitrogens is 1. The molecule has 0 atom stereocenters. The summed E-state index contributed by atoms with van der Waals surface area (Å²) in [6, 6.07) is 40.1. The number of fused-ring (bicyclic) bond motifs is 3. The first kappa shape index (κ1) is 105. The number of hydrogen-bond acceptors (Lipinski definition) is 18. The third kappa shape index (κ3) is 26.1. The minimum atomic E-state index is -5.08. The molecule has 0 saturated heterocycles. The van der Waals surface area contributed by atoms with Crippen molar-refractivity contribution >= 4 is 66.9 Å². The number of aromatic carboxylic acids is 1. The molecule has 0 spiro atoms. The second kappa shape index (κ2) is 45.0. The molecule has 0 aliphatic carbocycles. The van der Waals surface area contributed by atoms with E-state index in [2.05, 4.69) is 50.8 Å². The van der Waals surface area contributed by atoms with Crippen molar-refractivity contribution in [1.82, 2.24) is 48.6 Å². The number of esters is 2. The van der Waals surface area contributed by atoms with Crippen LogP contribution in [0.5, 0.6) is 17.6 Å². The lowest BCUT2D eigenvalue weighted by atomic mass is 10.0. The van der Waals surface area contributed by atoms with Crippen LogP contribution < -0.4 is 19.8 Å². The summed E-state index contributed by atoms with van der Waals surface area (Å²) in [5.74, 6) is -11.5. The molecule has 7 aromatic heterocycles. The Balaban J connectivity index is 0.000000177. The highest BCUT2D eigenvalue weighted by molar-refractivity contribution is 9.08. The maximum atomic E-state index is 15.5. The topological polar surface area (TPSA) is 270 Å². The highest BCUT2D eigenvalue weighted by atomic mass is 79.9. The Kier molecular flexibility index (Phi) is 33.6. The smallest absolute Gasteiger partial charge is 0.419 e. The summed E-state index contributed by atoms with van der Waals surface area (Å²) in [7, 11) is 6.15. The van der Waals surface area contributed by atoms with Crippen LogP contribution in [0.1, 0.15) is 135 Å². The Bertz CT molecular complexity index is 7120. The van der Waals surface area contributed by atoms with Crippen molar-refractivity contribution in [3.63, 3.8) is 0 Å². The minimum absolute atomic E-state index is 0.00844. The number of hydrogen-bond donors (Lipinski definition) is 2. The lowest BCUT2D eigenvalue weighted by Crippen LogP contribution is -2.23. The fourth-order valence-corrected chi connectivity index (χ4v) is 14.6. The van der Waals surface area contributed by atoms with Gasteiger partial charge in [0.1, 0.15) is 76.8 Å². The standard InChI is InChI=1S/C35H30F7N3O4.C30H26F2N4O5.C27H27F2N3O4.C8H4BrF5/c1-34(2,3)49-33(46)19-9-11-27-28(15-19)45(12-13-47-4)29(43-27)16-21-14-25(37)22(17-24(21)36)26-6-5-7-30(44-26)48-18-20-8-10-23(35(40,41)42)32(39)31(20)38;1-39-11-10-36-26-13-19(30(37)38)7-8-25(26)34-27(36)14-20-12-23(32)21(15-22(20)31)24-4-3-5-29(35-24)41-17-18-6-9-28(40-2)33-16-18;1-27(2,3)36-26(34)16-8-9-22-23(13-16)32(10-11-35-4)24(30-22)14-17-12-20(29)18(15-19(17)28)21-6-5-7-25(33)31-21;9-3-4-1-2-5(8(12,13)14)7(11)6(4)10/h5-11,14-15,17H,12-13,16,18H2,1-4H3;3-9,12-13,15-16H,10-11,14,17H2,1-2H3,(H,37,38);5-9,12-13,15H,10-11,14H2,1-4H3,(H,31,33);1-2H,3H2. The van der Waals surface area contributed by atoms with Crippen molar-refractivity contribution < 1.29 is 128 Å². The number of ether oxygens (including phenoxy) is 8. The fourth-order valence-electron chi connectivity index (χ4n) is 14.2. The van der Waals surface area contributed by atoms with Crippen LogP contribution >= 0.6 is 15.9 Å². The maximum Gasteiger partial charge on any atom is 0.419 e. The number of carbonyl (C=O) groups is 3. The van der Waals surface area contributed by atoms with Gasteiger partial charge in [0.2, 0.25) is 23.2 Å². The van der Waals surface area contributed by atoms with Crippen LogP contribution in [-0.2, 0) is 93.5 Å². The molecule has 0 fully saturated rings. The summed E-state index contributed by atoms with van der Waals surface area (Å²) in [6.07, 6.45) is -8.46. The van der Waals surface area contributed by atoms with Gasteiger partial charge in [0.05, 0.1) is 105 Å². The zero-order chi connectivity index (χ0) is 102. The van der Waals surface area contributed by atoms with Crippen LogP contribution in [-0.4, -0.2) is 131 Å². The highest BCUT2D eigenvalue weighted by Crippen LogP contribution is 2.38. The molecule has 0 aliphatic heterocycles. The Hall–Kier alpha value is -14.4. The molecule has 0 radical (unpaired) electrons. The van der Waals surface area contributed by atoms with Crippen LogP contribution in [0.3, 0.4) is 0 Å². The summed E-state index contributed by atoms with van der Waals surface area (Å²) >= 11 is 2.83. The molecule has 7 heterocycles. The average molecular weight is 2020 g/mol. The van der Waals surface area contributed by atoms with Gasteiger partial charge in [-0.15, -0.1) is 0 Å². The predicted octanol–water partition coefficient (Wildman–Crippen LogP) is 22.5. The monoisotopic (exact) mass is 2020 g/mol. The molecule has 40 heteroatoms. The Morgan fingerprint density at radius 2 is 0.800 bits per heavy atom.